The monoisotopic (exact) mass is 798 g/mol. The summed E-state index contributed by atoms with van der Waals surface area (Å²) in [5, 5.41) is 23.6. The first-order chi connectivity index (χ1) is 28.0. The van der Waals surface area contributed by atoms with E-state index in [-0.39, 0.29) is 24.9 Å². The standard InChI is InChI=1S/C51H91NO5/c1-4-7-10-13-16-19-22-24-25-27-28-30-33-36-39-42-47(57-51(56)44-41-38-35-32-29-26-23-20-17-14-11-8-5-2)45-50(55)52-48(46-53)49(54)43-40-37-34-31-21-18-15-12-9-6-3/h8,11,14,17,20,23,26,29,32,35,47-49,53-54H,4-7,9-10,12-13,15-16,18-19,21-22,24-25,27-28,30-31,33-34,36-46H2,1-3H3,(H,52,55)/b11-8+,17-14+,23-20-,29-26-,35-32+. The maximum Gasteiger partial charge on any atom is 0.306 e. The number of rotatable bonds is 42. The SMILES string of the molecule is CC/C=C/C=C/C=C\C=C/C=C/CCCC(=O)OC(CCCCCCCCCCCCCCCCC)CC(=O)NC(CO)C(O)CCCCCCCCCCCC. The molecule has 0 rings (SSSR count). The molecule has 0 aliphatic heterocycles. The Kier molecular flexibility index (Phi) is 42.7. The summed E-state index contributed by atoms with van der Waals surface area (Å²) in [6.07, 6.45) is 54.3. The van der Waals surface area contributed by atoms with Gasteiger partial charge in [0.2, 0.25) is 5.91 Å². The van der Waals surface area contributed by atoms with Crippen LogP contribution in [0.3, 0.4) is 0 Å². The fourth-order valence-electron chi connectivity index (χ4n) is 7.11. The topological polar surface area (TPSA) is 95.9 Å². The van der Waals surface area contributed by atoms with Gasteiger partial charge in [-0.1, -0.05) is 236 Å². The first-order valence-electron chi connectivity index (χ1n) is 24.1. The highest BCUT2D eigenvalue weighted by atomic mass is 16.5. The number of aliphatic hydroxyl groups excluding tert-OH is 2. The van der Waals surface area contributed by atoms with Crippen LogP contribution >= 0.6 is 0 Å². The zero-order chi connectivity index (χ0) is 41.7. The Morgan fingerprint density at radius 2 is 0.930 bits per heavy atom. The van der Waals surface area contributed by atoms with Gasteiger partial charge in [0.15, 0.2) is 0 Å². The second kappa shape index (κ2) is 44.7. The number of unbranched alkanes of at least 4 members (excludes halogenated alkanes) is 24. The van der Waals surface area contributed by atoms with Crippen LogP contribution < -0.4 is 5.32 Å². The van der Waals surface area contributed by atoms with Crippen molar-refractivity contribution in [2.24, 2.45) is 0 Å². The van der Waals surface area contributed by atoms with E-state index in [0.717, 1.165) is 51.4 Å². The van der Waals surface area contributed by atoms with Gasteiger partial charge in [-0.3, -0.25) is 9.59 Å². The van der Waals surface area contributed by atoms with Crippen LogP contribution in [0, 0.1) is 0 Å². The third-order valence-electron chi connectivity index (χ3n) is 10.7. The van der Waals surface area contributed by atoms with E-state index in [1.54, 1.807) is 0 Å². The van der Waals surface area contributed by atoms with Gasteiger partial charge in [-0.25, -0.2) is 0 Å². The van der Waals surface area contributed by atoms with Gasteiger partial charge < -0.3 is 20.3 Å². The number of ether oxygens (including phenoxy) is 1. The maximum absolute atomic E-state index is 13.1. The molecular formula is C51H91NO5. The summed E-state index contributed by atoms with van der Waals surface area (Å²) in [6, 6.07) is -0.714. The van der Waals surface area contributed by atoms with Crippen LogP contribution in [0.15, 0.2) is 60.8 Å². The second-order valence-electron chi connectivity index (χ2n) is 16.3. The zero-order valence-corrected chi connectivity index (χ0v) is 37.5. The fourth-order valence-corrected chi connectivity index (χ4v) is 7.11. The van der Waals surface area contributed by atoms with E-state index in [2.05, 4.69) is 32.2 Å². The molecule has 0 aromatic carbocycles. The van der Waals surface area contributed by atoms with E-state index in [1.165, 1.54) is 122 Å². The molecular weight excluding hydrogens is 707 g/mol. The molecule has 3 unspecified atom stereocenters. The minimum absolute atomic E-state index is 0.0497. The summed E-state index contributed by atoms with van der Waals surface area (Å²) < 4.78 is 5.88. The van der Waals surface area contributed by atoms with E-state index in [0.29, 0.717) is 25.7 Å². The molecule has 0 aliphatic carbocycles. The highest BCUT2D eigenvalue weighted by Crippen LogP contribution is 2.18. The van der Waals surface area contributed by atoms with Crippen molar-refractivity contribution in [3.05, 3.63) is 60.8 Å². The molecule has 0 saturated heterocycles. The molecule has 57 heavy (non-hydrogen) atoms. The van der Waals surface area contributed by atoms with Gasteiger partial charge >= 0.3 is 5.97 Å². The number of aliphatic hydroxyl groups is 2. The Bertz CT molecular complexity index is 1030. The fraction of sp³-hybridized carbons (Fsp3) is 0.765. The second-order valence-corrected chi connectivity index (χ2v) is 16.3. The van der Waals surface area contributed by atoms with Crippen LogP contribution in [0.2, 0.25) is 0 Å². The van der Waals surface area contributed by atoms with Gasteiger partial charge in [0.1, 0.15) is 6.10 Å². The number of carbonyl (C=O) groups excluding carboxylic acids is 2. The average Bonchev–Trinajstić information content (AvgIpc) is 3.20. The van der Waals surface area contributed by atoms with Crippen molar-refractivity contribution in [1.82, 2.24) is 5.32 Å². The summed E-state index contributed by atoms with van der Waals surface area (Å²) in [5.74, 6) is -0.559. The lowest BCUT2D eigenvalue weighted by molar-refractivity contribution is -0.151. The van der Waals surface area contributed by atoms with Crippen molar-refractivity contribution in [3.63, 3.8) is 0 Å². The van der Waals surface area contributed by atoms with Crippen LogP contribution in [-0.2, 0) is 14.3 Å². The molecule has 0 heterocycles. The number of carbonyl (C=O) groups is 2. The number of nitrogens with one attached hydrogen (secondary N) is 1. The minimum atomic E-state index is -0.798. The van der Waals surface area contributed by atoms with E-state index >= 15 is 0 Å². The van der Waals surface area contributed by atoms with Crippen LogP contribution in [-0.4, -0.2) is 46.9 Å². The number of hydrogen-bond donors (Lipinski definition) is 3. The summed E-state index contributed by atoms with van der Waals surface area (Å²) in [5.41, 5.74) is 0. The Morgan fingerprint density at radius 1 is 0.526 bits per heavy atom. The van der Waals surface area contributed by atoms with E-state index < -0.39 is 18.2 Å². The molecule has 330 valence electrons. The summed E-state index contributed by atoms with van der Waals surface area (Å²) in [7, 11) is 0. The van der Waals surface area contributed by atoms with Crippen LogP contribution in [0.5, 0.6) is 0 Å². The van der Waals surface area contributed by atoms with Crippen molar-refractivity contribution < 1.29 is 24.5 Å². The normalized spacial score (nSPS) is 13.8. The van der Waals surface area contributed by atoms with Gasteiger partial charge in [0, 0.05) is 6.42 Å². The highest BCUT2D eigenvalue weighted by molar-refractivity contribution is 5.77. The predicted molar refractivity (Wildman–Crippen MR) is 245 cm³/mol. The van der Waals surface area contributed by atoms with Gasteiger partial charge in [0.05, 0.1) is 25.2 Å². The molecule has 0 radical (unpaired) electrons. The molecule has 0 bridgehead atoms. The van der Waals surface area contributed by atoms with E-state index in [4.69, 9.17) is 4.74 Å². The van der Waals surface area contributed by atoms with Crippen LogP contribution in [0.4, 0.5) is 0 Å². The van der Waals surface area contributed by atoms with Gasteiger partial charge in [-0.15, -0.1) is 0 Å². The van der Waals surface area contributed by atoms with Crippen molar-refractivity contribution in [1.29, 1.82) is 0 Å². The lowest BCUT2D eigenvalue weighted by atomic mass is 10.0. The molecule has 0 spiro atoms. The molecule has 3 N–H and O–H groups in total. The molecule has 1 amide bonds. The van der Waals surface area contributed by atoms with Crippen molar-refractivity contribution in [3.8, 4) is 0 Å². The molecule has 6 nitrogen and oxygen atoms in total. The van der Waals surface area contributed by atoms with Gasteiger partial charge in [-0.05, 0) is 38.5 Å². The number of hydrogen-bond acceptors (Lipinski definition) is 5. The Hall–Kier alpha value is -2.44. The van der Waals surface area contributed by atoms with Crippen molar-refractivity contribution >= 4 is 11.9 Å². The smallest absolute Gasteiger partial charge is 0.306 e. The van der Waals surface area contributed by atoms with Crippen LogP contribution in [0.1, 0.15) is 226 Å². The third kappa shape index (κ3) is 40.1. The number of allylic oxidation sites excluding steroid dienone is 10. The highest BCUT2D eigenvalue weighted by Gasteiger charge is 2.24. The first kappa shape index (κ1) is 54.6. The van der Waals surface area contributed by atoms with Crippen LogP contribution in [0.25, 0.3) is 0 Å². The number of esters is 1. The third-order valence-corrected chi connectivity index (χ3v) is 10.7. The largest absolute Gasteiger partial charge is 0.462 e. The van der Waals surface area contributed by atoms with E-state index in [1.807, 2.05) is 54.7 Å². The predicted octanol–water partition coefficient (Wildman–Crippen LogP) is 14.1. The quantitative estimate of drug-likeness (QED) is 0.0325. The number of amides is 1. The Balaban J connectivity index is 4.70. The Morgan fingerprint density at radius 3 is 1.37 bits per heavy atom. The summed E-state index contributed by atoms with van der Waals surface area (Å²) >= 11 is 0. The zero-order valence-electron chi connectivity index (χ0n) is 37.5. The molecule has 0 saturated carbocycles. The average molecular weight is 798 g/mol. The lowest BCUT2D eigenvalue weighted by Crippen LogP contribution is -2.46. The van der Waals surface area contributed by atoms with Gasteiger partial charge in [-0.2, -0.15) is 0 Å². The summed E-state index contributed by atoms with van der Waals surface area (Å²) in [6.45, 7) is 6.31. The molecule has 0 aromatic heterocycles. The molecule has 0 fully saturated rings. The first-order valence-corrected chi connectivity index (χ1v) is 24.1. The maximum atomic E-state index is 13.1. The van der Waals surface area contributed by atoms with Crippen molar-refractivity contribution in [2.75, 3.05) is 6.61 Å². The van der Waals surface area contributed by atoms with Crippen molar-refractivity contribution in [2.45, 2.75) is 244 Å². The molecule has 0 aromatic rings. The molecule has 0 aliphatic rings. The molecule has 6 heteroatoms. The van der Waals surface area contributed by atoms with E-state index in [9.17, 15) is 19.8 Å². The van der Waals surface area contributed by atoms with Gasteiger partial charge in [0.25, 0.3) is 0 Å². The lowest BCUT2D eigenvalue weighted by Gasteiger charge is -2.24. The minimum Gasteiger partial charge on any atom is -0.462 e. The molecule has 3 atom stereocenters. The Labute approximate surface area is 352 Å². The summed E-state index contributed by atoms with van der Waals surface area (Å²) in [4.78, 5) is 26.0.